The van der Waals surface area contributed by atoms with Crippen molar-refractivity contribution >= 4 is 10.0 Å². The molecule has 0 spiro atoms. The van der Waals surface area contributed by atoms with Gasteiger partial charge in [0.1, 0.15) is 5.75 Å². The molecule has 3 atom stereocenters. The summed E-state index contributed by atoms with van der Waals surface area (Å²) >= 11 is 0. The Hall–Kier alpha value is -0.980. The van der Waals surface area contributed by atoms with E-state index >= 15 is 0 Å². The standard InChI is InChI=1S/C17H28N2O3S/c1-13(2)16-8-7-14(3)10-17(16,20)12-19-23(21,22)11-15-6-4-5-9-18-15/h4-6,9,13-14,16,19-20H,7-8,10-12H2,1-3H3/t14-,16+,17+/m1/s1. The predicted octanol–water partition coefficient (Wildman–Crippen LogP) is 2.32. The second-order valence-electron chi connectivity index (χ2n) is 7.24. The zero-order chi connectivity index (χ0) is 17.1. The number of sulfonamides is 1. The lowest BCUT2D eigenvalue weighted by molar-refractivity contribution is -0.0748. The van der Waals surface area contributed by atoms with Crippen LogP contribution < -0.4 is 4.72 Å². The Balaban J connectivity index is 2.04. The second kappa shape index (κ2) is 7.28. The molecule has 1 fully saturated rings. The highest BCUT2D eigenvalue weighted by molar-refractivity contribution is 7.88. The topological polar surface area (TPSA) is 79.3 Å². The van der Waals surface area contributed by atoms with E-state index in [9.17, 15) is 13.5 Å². The average Bonchev–Trinajstić information content (AvgIpc) is 2.45. The fourth-order valence-electron chi connectivity index (χ4n) is 3.71. The number of hydrogen-bond donors (Lipinski definition) is 2. The molecule has 1 aliphatic rings. The molecule has 2 N–H and O–H groups in total. The van der Waals surface area contributed by atoms with E-state index in [0.29, 0.717) is 24.0 Å². The molecular weight excluding hydrogens is 312 g/mol. The first-order valence-corrected chi connectivity index (χ1v) is 9.97. The van der Waals surface area contributed by atoms with Crippen LogP contribution in [0, 0.1) is 17.8 Å². The first-order chi connectivity index (χ1) is 10.7. The van der Waals surface area contributed by atoms with Gasteiger partial charge < -0.3 is 5.11 Å². The molecule has 0 radical (unpaired) electrons. The molecule has 1 saturated carbocycles. The molecule has 0 amide bonds. The normalized spacial score (nSPS) is 28.9. The summed E-state index contributed by atoms with van der Waals surface area (Å²) in [6, 6.07) is 5.21. The van der Waals surface area contributed by atoms with Crippen LogP contribution in [0.4, 0.5) is 0 Å². The third-order valence-electron chi connectivity index (χ3n) is 4.83. The smallest absolute Gasteiger partial charge is 0.217 e. The maximum Gasteiger partial charge on any atom is 0.217 e. The van der Waals surface area contributed by atoms with Gasteiger partial charge in [0.25, 0.3) is 0 Å². The van der Waals surface area contributed by atoms with Crippen LogP contribution in [0.25, 0.3) is 0 Å². The van der Waals surface area contributed by atoms with Crippen molar-refractivity contribution in [3.63, 3.8) is 0 Å². The van der Waals surface area contributed by atoms with Crippen LogP contribution in [0.1, 0.15) is 45.7 Å². The molecule has 5 nitrogen and oxygen atoms in total. The van der Waals surface area contributed by atoms with Gasteiger partial charge in [-0.3, -0.25) is 4.98 Å². The fraction of sp³-hybridized carbons (Fsp3) is 0.706. The Bertz CT molecular complexity index is 604. The highest BCUT2D eigenvalue weighted by atomic mass is 32.2. The maximum absolute atomic E-state index is 12.3. The molecule has 1 heterocycles. The Kier molecular flexibility index (Phi) is 5.81. The molecule has 0 saturated heterocycles. The van der Waals surface area contributed by atoms with Crippen LogP contribution in [0.2, 0.25) is 0 Å². The summed E-state index contributed by atoms with van der Waals surface area (Å²) in [4.78, 5) is 4.05. The lowest BCUT2D eigenvalue weighted by Crippen LogP contribution is -2.53. The summed E-state index contributed by atoms with van der Waals surface area (Å²) in [6.07, 6.45) is 4.25. The number of hydrogen-bond acceptors (Lipinski definition) is 4. The first kappa shape index (κ1) is 18.4. The van der Waals surface area contributed by atoms with Crippen molar-refractivity contribution < 1.29 is 13.5 Å². The molecule has 0 aliphatic heterocycles. The number of pyridine rings is 1. The minimum atomic E-state index is -3.51. The van der Waals surface area contributed by atoms with Crippen LogP contribution in [0.5, 0.6) is 0 Å². The van der Waals surface area contributed by atoms with E-state index in [1.54, 1.807) is 24.4 Å². The average molecular weight is 340 g/mol. The van der Waals surface area contributed by atoms with E-state index in [1.165, 1.54) is 0 Å². The number of rotatable bonds is 6. The third-order valence-corrected chi connectivity index (χ3v) is 6.09. The van der Waals surface area contributed by atoms with Crippen molar-refractivity contribution in [2.45, 2.75) is 51.4 Å². The van der Waals surface area contributed by atoms with Crippen molar-refractivity contribution in [1.29, 1.82) is 0 Å². The number of aliphatic hydroxyl groups is 1. The van der Waals surface area contributed by atoms with Crippen LogP contribution in [0.15, 0.2) is 24.4 Å². The summed E-state index contributed by atoms with van der Waals surface area (Å²) in [5, 5.41) is 11.1. The molecule has 1 aromatic heterocycles. The molecule has 1 aliphatic carbocycles. The molecule has 130 valence electrons. The van der Waals surface area contributed by atoms with Crippen LogP contribution in [-0.2, 0) is 15.8 Å². The van der Waals surface area contributed by atoms with Crippen LogP contribution >= 0.6 is 0 Å². The van der Waals surface area contributed by atoms with E-state index in [4.69, 9.17) is 0 Å². The van der Waals surface area contributed by atoms with Gasteiger partial charge in [-0.15, -0.1) is 0 Å². The van der Waals surface area contributed by atoms with Gasteiger partial charge in [0.2, 0.25) is 10.0 Å². The minimum absolute atomic E-state index is 0.0787. The lowest BCUT2D eigenvalue weighted by Gasteiger charge is -2.44. The summed E-state index contributed by atoms with van der Waals surface area (Å²) in [5.41, 5.74) is -0.465. The number of nitrogens with zero attached hydrogens (tertiary/aromatic N) is 1. The van der Waals surface area contributed by atoms with Crippen LogP contribution in [0.3, 0.4) is 0 Å². The fourth-order valence-corrected chi connectivity index (χ4v) is 4.84. The van der Waals surface area contributed by atoms with Gasteiger partial charge in [-0.25, -0.2) is 13.1 Å². The van der Waals surface area contributed by atoms with E-state index in [0.717, 1.165) is 12.8 Å². The summed E-state index contributed by atoms with van der Waals surface area (Å²) in [7, 11) is -3.51. The summed E-state index contributed by atoms with van der Waals surface area (Å²) < 4.78 is 27.2. The Morgan fingerprint density at radius 1 is 1.39 bits per heavy atom. The molecule has 1 aromatic rings. The van der Waals surface area contributed by atoms with Gasteiger partial charge in [0.15, 0.2) is 0 Å². The van der Waals surface area contributed by atoms with Crippen molar-refractivity contribution in [2.75, 3.05) is 6.54 Å². The Morgan fingerprint density at radius 2 is 2.13 bits per heavy atom. The van der Waals surface area contributed by atoms with E-state index in [1.807, 2.05) is 0 Å². The van der Waals surface area contributed by atoms with E-state index in [2.05, 4.69) is 30.5 Å². The third kappa shape index (κ3) is 4.99. The van der Waals surface area contributed by atoms with Crippen molar-refractivity contribution in [3.8, 4) is 0 Å². The van der Waals surface area contributed by atoms with E-state index < -0.39 is 15.6 Å². The SMILES string of the molecule is CC(C)[C@@H]1CC[C@@H](C)C[C@]1(O)CNS(=O)(=O)Cc1ccccn1. The van der Waals surface area contributed by atoms with Gasteiger partial charge in [-0.2, -0.15) is 0 Å². The van der Waals surface area contributed by atoms with Gasteiger partial charge >= 0.3 is 0 Å². The monoisotopic (exact) mass is 340 g/mol. The van der Waals surface area contributed by atoms with Crippen molar-refractivity contribution in [1.82, 2.24) is 9.71 Å². The Labute approximate surface area is 139 Å². The van der Waals surface area contributed by atoms with Crippen LogP contribution in [-0.4, -0.2) is 30.7 Å². The largest absolute Gasteiger partial charge is 0.388 e. The quantitative estimate of drug-likeness (QED) is 0.833. The minimum Gasteiger partial charge on any atom is -0.388 e. The van der Waals surface area contributed by atoms with Gasteiger partial charge in [0.05, 0.1) is 11.3 Å². The second-order valence-corrected chi connectivity index (χ2v) is 9.05. The molecule has 6 heteroatoms. The molecule has 0 aromatic carbocycles. The van der Waals surface area contributed by atoms with E-state index in [-0.39, 0.29) is 18.2 Å². The molecule has 0 bridgehead atoms. The molecule has 2 rings (SSSR count). The molecular formula is C17H28N2O3S. The highest BCUT2D eigenvalue weighted by Gasteiger charge is 2.43. The zero-order valence-electron chi connectivity index (χ0n) is 14.2. The first-order valence-electron chi connectivity index (χ1n) is 8.31. The number of nitrogens with one attached hydrogen (secondary N) is 1. The van der Waals surface area contributed by atoms with Crippen molar-refractivity contribution in [2.24, 2.45) is 17.8 Å². The lowest BCUT2D eigenvalue weighted by atomic mass is 9.67. The Morgan fingerprint density at radius 3 is 2.74 bits per heavy atom. The van der Waals surface area contributed by atoms with Gasteiger partial charge in [0, 0.05) is 12.7 Å². The summed E-state index contributed by atoms with van der Waals surface area (Å²) in [6.45, 7) is 6.38. The molecule has 0 unspecified atom stereocenters. The molecule has 23 heavy (non-hydrogen) atoms. The summed E-state index contributed by atoms with van der Waals surface area (Å²) in [5.74, 6) is 0.700. The van der Waals surface area contributed by atoms with Gasteiger partial charge in [-0.1, -0.05) is 33.3 Å². The van der Waals surface area contributed by atoms with Crippen molar-refractivity contribution in [3.05, 3.63) is 30.1 Å². The van der Waals surface area contributed by atoms with Gasteiger partial charge in [-0.05, 0) is 42.7 Å². The number of aromatic nitrogens is 1. The highest BCUT2D eigenvalue weighted by Crippen LogP contribution is 2.40. The predicted molar refractivity (Wildman–Crippen MR) is 91.2 cm³/mol. The zero-order valence-corrected chi connectivity index (χ0v) is 15.0. The maximum atomic E-state index is 12.3.